The number of hydrogen-bond donors (Lipinski definition) is 0. The van der Waals surface area contributed by atoms with E-state index in [-0.39, 0.29) is 11.4 Å². The zero-order valence-corrected chi connectivity index (χ0v) is 37.0. The van der Waals surface area contributed by atoms with Crippen molar-refractivity contribution < 1.29 is 22.0 Å². The molecule has 0 saturated carbocycles. The van der Waals surface area contributed by atoms with Crippen LogP contribution in [0.4, 0.5) is 56.1 Å². The molecule has 0 amide bonds. The van der Waals surface area contributed by atoms with Gasteiger partial charge in [-0.05, 0) is 133 Å². The molecule has 7 heteroatoms. The van der Waals surface area contributed by atoms with Gasteiger partial charge in [0, 0.05) is 33.9 Å². The van der Waals surface area contributed by atoms with E-state index in [1.54, 1.807) is 36.4 Å². The predicted molar refractivity (Wildman–Crippen MR) is 267 cm³/mol. The second kappa shape index (κ2) is 16.9. The molecule has 0 aromatic heterocycles. The standard InChI is InChI=1S/C61H41F5N2/c1-61(2)52-36-47(67(43-18-10-5-11-19-43)44-28-22-40(23-29-44)38-14-6-3-7-15-38)34-35-50(52)54-49-21-13-12-20-48(49)51(37-53(54)61)42-26-32-46(33-27-42)68(60-58(65)56(63)55(62)57(64)59(60)66)45-30-24-41(25-31-45)39-16-8-4-9-17-39/h3-37H,1-2H3. The van der Waals surface area contributed by atoms with Gasteiger partial charge >= 0.3 is 0 Å². The lowest BCUT2D eigenvalue weighted by molar-refractivity contribution is 0.380. The number of benzene rings is 10. The van der Waals surface area contributed by atoms with Crippen LogP contribution in [-0.4, -0.2) is 0 Å². The van der Waals surface area contributed by atoms with Crippen molar-refractivity contribution in [3.63, 3.8) is 0 Å². The molecule has 11 rings (SSSR count). The van der Waals surface area contributed by atoms with Crippen LogP contribution in [0, 0.1) is 29.1 Å². The molecule has 0 unspecified atom stereocenters. The summed E-state index contributed by atoms with van der Waals surface area (Å²) in [7, 11) is 0. The summed E-state index contributed by atoms with van der Waals surface area (Å²) in [4.78, 5) is 3.36. The van der Waals surface area contributed by atoms with Crippen molar-refractivity contribution >= 4 is 44.9 Å². The van der Waals surface area contributed by atoms with Gasteiger partial charge in [-0.2, -0.15) is 0 Å². The third-order valence-electron chi connectivity index (χ3n) is 13.2. The van der Waals surface area contributed by atoms with Crippen molar-refractivity contribution in [2.75, 3.05) is 9.80 Å². The molecular weight excluding hydrogens is 856 g/mol. The van der Waals surface area contributed by atoms with E-state index in [2.05, 4.69) is 104 Å². The third-order valence-corrected chi connectivity index (χ3v) is 13.2. The van der Waals surface area contributed by atoms with Gasteiger partial charge in [0.25, 0.3) is 0 Å². The topological polar surface area (TPSA) is 6.48 Å². The highest BCUT2D eigenvalue weighted by molar-refractivity contribution is 6.09. The van der Waals surface area contributed by atoms with Crippen LogP contribution in [0.5, 0.6) is 0 Å². The Labute approximate surface area is 391 Å². The quantitative estimate of drug-likeness (QED) is 0.0809. The molecule has 2 nitrogen and oxygen atoms in total. The van der Waals surface area contributed by atoms with Crippen molar-refractivity contribution in [3.8, 4) is 44.5 Å². The number of nitrogens with zero attached hydrogens (tertiary/aromatic N) is 2. The Balaban J connectivity index is 0.999. The summed E-state index contributed by atoms with van der Waals surface area (Å²) < 4.78 is 75.7. The number of anilines is 6. The first-order chi connectivity index (χ1) is 33.1. The van der Waals surface area contributed by atoms with Crippen LogP contribution in [0.3, 0.4) is 0 Å². The van der Waals surface area contributed by atoms with Crippen LogP contribution in [0.15, 0.2) is 212 Å². The predicted octanol–water partition coefficient (Wildman–Crippen LogP) is 17.8. The zero-order valence-electron chi connectivity index (χ0n) is 37.0. The van der Waals surface area contributed by atoms with Crippen LogP contribution >= 0.6 is 0 Å². The lowest BCUT2D eigenvalue weighted by Gasteiger charge is -2.28. The number of fused-ring (bicyclic) bond motifs is 5. The Bertz CT molecular complexity index is 3470. The summed E-state index contributed by atoms with van der Waals surface area (Å²) >= 11 is 0. The first-order valence-corrected chi connectivity index (χ1v) is 22.4. The average Bonchev–Trinajstić information content (AvgIpc) is 3.62. The first kappa shape index (κ1) is 42.4. The smallest absolute Gasteiger partial charge is 0.200 e. The molecule has 68 heavy (non-hydrogen) atoms. The van der Waals surface area contributed by atoms with Gasteiger partial charge in [0.05, 0.1) is 0 Å². The first-order valence-electron chi connectivity index (χ1n) is 22.4. The van der Waals surface area contributed by atoms with Gasteiger partial charge in [0.15, 0.2) is 23.3 Å². The second-order valence-electron chi connectivity index (χ2n) is 17.5. The summed E-state index contributed by atoms with van der Waals surface area (Å²) in [6, 6.07) is 69.7. The minimum absolute atomic E-state index is 0.202. The monoisotopic (exact) mass is 896 g/mol. The van der Waals surface area contributed by atoms with E-state index in [1.165, 1.54) is 5.56 Å². The molecule has 330 valence electrons. The molecule has 0 radical (unpaired) electrons. The van der Waals surface area contributed by atoms with Gasteiger partial charge in [-0.3, -0.25) is 0 Å². The Morgan fingerprint density at radius 1 is 0.309 bits per heavy atom. The Kier molecular flexibility index (Phi) is 10.5. The van der Waals surface area contributed by atoms with Crippen LogP contribution in [0.2, 0.25) is 0 Å². The maximum atomic E-state index is 15.7. The van der Waals surface area contributed by atoms with Gasteiger partial charge < -0.3 is 9.80 Å². The molecule has 10 aromatic carbocycles. The summed E-state index contributed by atoms with van der Waals surface area (Å²) in [6.07, 6.45) is 0. The fourth-order valence-corrected chi connectivity index (χ4v) is 9.83. The summed E-state index contributed by atoms with van der Waals surface area (Å²) in [6.45, 7) is 4.49. The lowest BCUT2D eigenvalue weighted by Crippen LogP contribution is -2.17. The summed E-state index contributed by atoms with van der Waals surface area (Å²) in [5.74, 6) is -10.1. The molecule has 0 fully saturated rings. The number of halogens is 5. The largest absolute Gasteiger partial charge is 0.310 e. The molecule has 0 heterocycles. The summed E-state index contributed by atoms with van der Waals surface area (Å²) in [5.41, 5.74) is 12.4. The Hall–Kier alpha value is -8.29. The molecule has 0 saturated heterocycles. The van der Waals surface area contributed by atoms with E-state index < -0.39 is 40.2 Å². The van der Waals surface area contributed by atoms with Crippen molar-refractivity contribution in [1.82, 2.24) is 0 Å². The Morgan fingerprint density at radius 2 is 0.706 bits per heavy atom. The van der Waals surface area contributed by atoms with E-state index in [4.69, 9.17) is 0 Å². The second-order valence-corrected chi connectivity index (χ2v) is 17.5. The molecule has 0 atom stereocenters. The minimum atomic E-state index is -2.22. The SMILES string of the molecule is CC1(C)c2cc(N(c3ccccc3)c3ccc(-c4ccccc4)cc3)ccc2-c2c1cc(-c1ccc(N(c3ccc(-c4ccccc4)cc3)c3c(F)c(F)c(F)c(F)c3F)cc1)c1ccccc21. The van der Waals surface area contributed by atoms with E-state index >= 15 is 8.78 Å². The van der Waals surface area contributed by atoms with Gasteiger partial charge in [0.2, 0.25) is 5.82 Å². The lowest BCUT2D eigenvalue weighted by atomic mass is 9.80. The molecule has 0 spiro atoms. The number of rotatable bonds is 9. The highest BCUT2D eigenvalue weighted by Crippen LogP contribution is 2.55. The number of para-hydroxylation sites is 1. The number of hydrogen-bond acceptors (Lipinski definition) is 2. The molecular formula is C61H41F5N2. The van der Waals surface area contributed by atoms with Crippen LogP contribution in [-0.2, 0) is 5.41 Å². The fraction of sp³-hybridized carbons (Fsp3) is 0.0492. The highest BCUT2D eigenvalue weighted by Gasteiger charge is 2.38. The van der Waals surface area contributed by atoms with E-state index in [9.17, 15) is 13.2 Å². The average molecular weight is 897 g/mol. The molecule has 1 aliphatic carbocycles. The molecule has 0 N–H and O–H groups in total. The van der Waals surface area contributed by atoms with E-state index in [0.717, 1.165) is 82.8 Å². The minimum Gasteiger partial charge on any atom is -0.310 e. The van der Waals surface area contributed by atoms with Crippen LogP contribution in [0.1, 0.15) is 25.0 Å². The van der Waals surface area contributed by atoms with Crippen molar-refractivity contribution in [3.05, 3.63) is 253 Å². The maximum absolute atomic E-state index is 15.7. The van der Waals surface area contributed by atoms with Gasteiger partial charge in [-0.25, -0.2) is 22.0 Å². The van der Waals surface area contributed by atoms with Crippen molar-refractivity contribution in [2.24, 2.45) is 0 Å². The van der Waals surface area contributed by atoms with Crippen LogP contribution < -0.4 is 9.80 Å². The van der Waals surface area contributed by atoms with E-state index in [1.807, 2.05) is 91.0 Å². The normalized spacial score (nSPS) is 12.5. The fourth-order valence-electron chi connectivity index (χ4n) is 9.83. The zero-order chi connectivity index (χ0) is 46.7. The van der Waals surface area contributed by atoms with Crippen molar-refractivity contribution in [2.45, 2.75) is 19.3 Å². The van der Waals surface area contributed by atoms with E-state index in [0.29, 0.717) is 0 Å². The third kappa shape index (κ3) is 7.10. The van der Waals surface area contributed by atoms with Gasteiger partial charge in [-0.15, -0.1) is 0 Å². The molecule has 10 aromatic rings. The Morgan fingerprint density at radius 3 is 1.24 bits per heavy atom. The maximum Gasteiger partial charge on any atom is 0.200 e. The van der Waals surface area contributed by atoms with Gasteiger partial charge in [0.1, 0.15) is 5.69 Å². The van der Waals surface area contributed by atoms with Crippen molar-refractivity contribution in [1.29, 1.82) is 0 Å². The van der Waals surface area contributed by atoms with Gasteiger partial charge in [-0.1, -0.05) is 159 Å². The molecule has 1 aliphatic rings. The van der Waals surface area contributed by atoms with Crippen LogP contribution in [0.25, 0.3) is 55.3 Å². The molecule has 0 bridgehead atoms. The summed E-state index contributed by atoms with van der Waals surface area (Å²) in [5, 5.41) is 2.07. The highest BCUT2D eigenvalue weighted by atomic mass is 19.2. The molecule has 0 aliphatic heterocycles.